The summed E-state index contributed by atoms with van der Waals surface area (Å²) in [7, 11) is 1.29. The molecule has 0 bridgehead atoms. The number of allylic oxidation sites excluding steroid dienone is 2. The number of fused-ring (bicyclic) bond motifs is 1. The van der Waals surface area contributed by atoms with E-state index in [1.54, 1.807) is 23.6 Å². The van der Waals surface area contributed by atoms with Crippen molar-refractivity contribution in [2.24, 2.45) is 0 Å². The molecule has 1 N–H and O–H groups in total. The number of aromatic nitrogens is 1. The maximum Gasteiger partial charge on any atom is 0.340 e. The number of aromatic hydroxyl groups is 1. The molecule has 1 aromatic carbocycles. The molecule has 2 aromatic rings. The highest BCUT2D eigenvalue weighted by Gasteiger charge is 2.26. The number of methoxy groups -OCH3 is 1. The highest BCUT2D eigenvalue weighted by molar-refractivity contribution is 6.33. The van der Waals surface area contributed by atoms with Crippen molar-refractivity contribution in [3.05, 3.63) is 58.3 Å². The van der Waals surface area contributed by atoms with E-state index >= 15 is 0 Å². The predicted octanol–water partition coefficient (Wildman–Crippen LogP) is 3.45. The minimum atomic E-state index is -0.543. The van der Waals surface area contributed by atoms with Crippen molar-refractivity contribution in [2.75, 3.05) is 7.11 Å². The SMILES string of the molecule is CCn1c(C)c(C(=O)OC)c(C=C2C(=O)C=Cc3ccccc32)c1O. The predicted molar refractivity (Wildman–Crippen MR) is 96.2 cm³/mol. The zero-order chi connectivity index (χ0) is 18.1. The first-order valence-corrected chi connectivity index (χ1v) is 8.03. The van der Waals surface area contributed by atoms with E-state index in [9.17, 15) is 14.7 Å². The summed E-state index contributed by atoms with van der Waals surface area (Å²) in [5.41, 5.74) is 3.30. The Hall–Kier alpha value is -3.08. The third-order valence-electron chi connectivity index (χ3n) is 4.46. The van der Waals surface area contributed by atoms with Crippen LogP contribution in [0, 0.1) is 6.92 Å². The molecule has 0 saturated carbocycles. The molecule has 0 spiro atoms. The van der Waals surface area contributed by atoms with Crippen LogP contribution in [0.2, 0.25) is 0 Å². The first-order valence-electron chi connectivity index (χ1n) is 8.03. The largest absolute Gasteiger partial charge is 0.494 e. The van der Waals surface area contributed by atoms with Crippen molar-refractivity contribution in [3.8, 4) is 5.88 Å². The number of carbonyl (C=O) groups is 2. The minimum absolute atomic E-state index is 0.0484. The minimum Gasteiger partial charge on any atom is -0.494 e. The Balaban J connectivity index is 2.27. The van der Waals surface area contributed by atoms with Crippen LogP contribution in [0.5, 0.6) is 5.88 Å². The van der Waals surface area contributed by atoms with Crippen LogP contribution in [0.25, 0.3) is 17.7 Å². The normalized spacial score (nSPS) is 14.7. The van der Waals surface area contributed by atoms with Crippen molar-refractivity contribution in [1.82, 2.24) is 4.57 Å². The van der Waals surface area contributed by atoms with E-state index in [1.165, 1.54) is 13.2 Å². The van der Waals surface area contributed by atoms with E-state index in [0.29, 0.717) is 23.4 Å². The fraction of sp³-hybridized carbons (Fsp3) is 0.200. The van der Waals surface area contributed by atoms with Crippen LogP contribution in [0.15, 0.2) is 30.3 Å². The molecule has 25 heavy (non-hydrogen) atoms. The monoisotopic (exact) mass is 337 g/mol. The molecule has 1 heterocycles. The Morgan fingerprint density at radius 2 is 2.00 bits per heavy atom. The summed E-state index contributed by atoms with van der Waals surface area (Å²) < 4.78 is 6.48. The van der Waals surface area contributed by atoms with Gasteiger partial charge >= 0.3 is 5.97 Å². The van der Waals surface area contributed by atoms with Gasteiger partial charge in [-0.1, -0.05) is 30.3 Å². The Morgan fingerprint density at radius 3 is 2.68 bits per heavy atom. The van der Waals surface area contributed by atoms with Crippen LogP contribution in [-0.2, 0) is 16.1 Å². The van der Waals surface area contributed by atoms with Gasteiger partial charge in [0.2, 0.25) is 0 Å². The number of carbonyl (C=O) groups excluding carboxylic acids is 2. The smallest absolute Gasteiger partial charge is 0.340 e. The van der Waals surface area contributed by atoms with E-state index in [1.807, 2.05) is 31.2 Å². The van der Waals surface area contributed by atoms with Crippen LogP contribution in [-0.4, -0.2) is 28.5 Å². The van der Waals surface area contributed by atoms with Gasteiger partial charge in [0.25, 0.3) is 0 Å². The lowest BCUT2D eigenvalue weighted by Gasteiger charge is -2.13. The van der Waals surface area contributed by atoms with E-state index in [0.717, 1.165) is 11.1 Å². The Bertz CT molecular complexity index is 931. The number of hydrogen-bond donors (Lipinski definition) is 1. The van der Waals surface area contributed by atoms with E-state index < -0.39 is 5.97 Å². The molecule has 0 aliphatic heterocycles. The number of esters is 1. The number of hydrogen-bond acceptors (Lipinski definition) is 4. The van der Waals surface area contributed by atoms with E-state index in [4.69, 9.17) is 4.74 Å². The van der Waals surface area contributed by atoms with Gasteiger partial charge in [0, 0.05) is 17.8 Å². The molecule has 0 saturated heterocycles. The third-order valence-corrected chi connectivity index (χ3v) is 4.46. The van der Waals surface area contributed by atoms with Crippen molar-refractivity contribution < 1.29 is 19.4 Å². The molecule has 1 aliphatic carbocycles. The van der Waals surface area contributed by atoms with Crippen molar-refractivity contribution in [2.45, 2.75) is 20.4 Å². The molecule has 0 fully saturated rings. The number of ketones is 1. The van der Waals surface area contributed by atoms with Crippen LogP contribution >= 0.6 is 0 Å². The Labute approximate surface area is 145 Å². The van der Waals surface area contributed by atoms with Gasteiger partial charge in [-0.25, -0.2) is 4.79 Å². The van der Waals surface area contributed by atoms with Crippen LogP contribution in [0.4, 0.5) is 0 Å². The summed E-state index contributed by atoms with van der Waals surface area (Å²) in [6.07, 6.45) is 4.83. The summed E-state index contributed by atoms with van der Waals surface area (Å²) in [6, 6.07) is 7.51. The quantitative estimate of drug-likeness (QED) is 0.688. The maximum absolute atomic E-state index is 12.4. The first kappa shape index (κ1) is 16.8. The maximum atomic E-state index is 12.4. The second kappa shape index (κ2) is 6.43. The van der Waals surface area contributed by atoms with Crippen molar-refractivity contribution in [1.29, 1.82) is 0 Å². The van der Waals surface area contributed by atoms with Crippen LogP contribution in [0.3, 0.4) is 0 Å². The molecule has 1 aromatic heterocycles. The molecule has 0 unspecified atom stereocenters. The van der Waals surface area contributed by atoms with E-state index in [-0.39, 0.29) is 17.2 Å². The van der Waals surface area contributed by atoms with Gasteiger partial charge in [0.15, 0.2) is 11.7 Å². The number of benzene rings is 1. The lowest BCUT2D eigenvalue weighted by molar-refractivity contribution is -0.109. The molecule has 128 valence electrons. The summed E-state index contributed by atoms with van der Waals surface area (Å²) in [5.74, 6) is -0.762. The average Bonchev–Trinajstić information content (AvgIpc) is 2.86. The molecule has 3 rings (SSSR count). The molecular formula is C20H19NO4. The number of ether oxygens (including phenoxy) is 1. The zero-order valence-corrected chi connectivity index (χ0v) is 14.4. The van der Waals surface area contributed by atoms with Gasteiger partial charge in [-0.05, 0) is 37.1 Å². The summed E-state index contributed by atoms with van der Waals surface area (Å²) in [6.45, 7) is 4.11. The lowest BCUT2D eigenvalue weighted by atomic mass is 9.90. The fourth-order valence-electron chi connectivity index (χ4n) is 3.20. The molecule has 5 nitrogen and oxygen atoms in total. The number of nitrogens with zero attached hydrogens (tertiary/aromatic N) is 1. The summed E-state index contributed by atoms with van der Waals surface area (Å²) >= 11 is 0. The van der Waals surface area contributed by atoms with Gasteiger partial charge in [-0.2, -0.15) is 0 Å². The molecule has 5 heteroatoms. The first-order chi connectivity index (χ1) is 12.0. The molecule has 0 amide bonds. The van der Waals surface area contributed by atoms with Crippen molar-refractivity contribution >= 4 is 29.5 Å². The van der Waals surface area contributed by atoms with Crippen LogP contribution in [0.1, 0.15) is 39.7 Å². The second-order valence-electron chi connectivity index (χ2n) is 5.78. The fourth-order valence-corrected chi connectivity index (χ4v) is 3.20. The third kappa shape index (κ3) is 2.67. The molecule has 1 aliphatic rings. The molecule has 0 radical (unpaired) electrons. The van der Waals surface area contributed by atoms with Gasteiger partial charge in [-0.15, -0.1) is 0 Å². The highest BCUT2D eigenvalue weighted by Crippen LogP contribution is 2.35. The Kier molecular flexibility index (Phi) is 4.31. The second-order valence-corrected chi connectivity index (χ2v) is 5.78. The van der Waals surface area contributed by atoms with Gasteiger partial charge < -0.3 is 14.4 Å². The van der Waals surface area contributed by atoms with Gasteiger partial charge in [0.05, 0.1) is 18.2 Å². The van der Waals surface area contributed by atoms with Crippen LogP contribution < -0.4 is 0 Å². The van der Waals surface area contributed by atoms with E-state index in [2.05, 4.69) is 0 Å². The van der Waals surface area contributed by atoms with Crippen molar-refractivity contribution in [3.63, 3.8) is 0 Å². The lowest BCUT2D eigenvalue weighted by Crippen LogP contribution is -2.07. The summed E-state index contributed by atoms with van der Waals surface area (Å²) in [4.78, 5) is 24.7. The van der Waals surface area contributed by atoms with Gasteiger partial charge in [-0.3, -0.25) is 4.79 Å². The Morgan fingerprint density at radius 1 is 1.28 bits per heavy atom. The molecule has 0 atom stereocenters. The molecular weight excluding hydrogens is 318 g/mol. The number of rotatable bonds is 3. The standard InChI is InChI=1S/C20H19NO4/c1-4-21-12(2)18(20(24)25-3)16(19(21)23)11-15-14-8-6-5-7-13(14)9-10-17(15)22/h5-11,23H,4H2,1-3H3. The topological polar surface area (TPSA) is 68.5 Å². The summed E-state index contributed by atoms with van der Waals surface area (Å²) in [5, 5.41) is 10.6. The van der Waals surface area contributed by atoms with Gasteiger partial charge in [0.1, 0.15) is 0 Å². The zero-order valence-electron chi connectivity index (χ0n) is 14.4. The highest BCUT2D eigenvalue weighted by atomic mass is 16.5. The average molecular weight is 337 g/mol.